The van der Waals surface area contributed by atoms with E-state index in [1.54, 1.807) is 10.7 Å². The van der Waals surface area contributed by atoms with Gasteiger partial charge in [-0.3, -0.25) is 9.48 Å². The van der Waals surface area contributed by atoms with E-state index in [4.69, 9.17) is 4.52 Å². The highest BCUT2D eigenvalue weighted by molar-refractivity contribution is 5.91. The van der Waals surface area contributed by atoms with Crippen LogP contribution < -0.4 is 5.32 Å². The Kier molecular flexibility index (Phi) is 3.89. The average Bonchev–Trinajstić information content (AvgIpc) is 2.90. The summed E-state index contributed by atoms with van der Waals surface area (Å²) in [5.74, 6) is 1.07. The minimum Gasteiger partial charge on any atom is -0.359 e. The molecule has 0 saturated carbocycles. The molecule has 0 unspecified atom stereocenters. The number of amides is 1. The summed E-state index contributed by atoms with van der Waals surface area (Å²) < 4.78 is 7.03. The first-order chi connectivity index (χ1) is 9.68. The number of nitrogens with zero attached hydrogens (tertiary/aromatic N) is 3. The summed E-state index contributed by atoms with van der Waals surface area (Å²) in [6, 6.07) is 1.76. The molecule has 2 aromatic rings. The third-order valence-electron chi connectivity index (χ3n) is 3.51. The summed E-state index contributed by atoms with van der Waals surface area (Å²) in [6.07, 6.45) is 0.281. The van der Waals surface area contributed by atoms with Gasteiger partial charge >= 0.3 is 0 Å². The van der Waals surface area contributed by atoms with Crippen molar-refractivity contribution in [2.75, 3.05) is 5.32 Å². The van der Waals surface area contributed by atoms with E-state index in [2.05, 4.69) is 15.6 Å². The van der Waals surface area contributed by atoms with Crippen LogP contribution in [0.5, 0.6) is 0 Å². The lowest BCUT2D eigenvalue weighted by Crippen LogP contribution is -2.15. The fourth-order valence-electron chi connectivity index (χ4n) is 2.11. The summed E-state index contributed by atoms with van der Waals surface area (Å²) in [5.41, 5.74) is 2.69. The van der Waals surface area contributed by atoms with Crippen molar-refractivity contribution in [1.29, 1.82) is 0 Å². The first-order valence-corrected chi connectivity index (χ1v) is 6.94. The van der Waals surface area contributed by atoms with Crippen LogP contribution >= 0.6 is 0 Å². The van der Waals surface area contributed by atoms with Crippen LogP contribution in [0.15, 0.2) is 10.6 Å². The average molecular weight is 290 g/mol. The maximum Gasteiger partial charge on any atom is 0.230 e. The van der Waals surface area contributed by atoms with Gasteiger partial charge in [-0.25, -0.2) is 0 Å². The SMILES string of the molecule is Cc1nn(C)c(C)c1CC(=O)Nc1cc(C(C)(C)C)on1. The smallest absolute Gasteiger partial charge is 0.230 e. The Balaban J connectivity index is 2.07. The molecule has 0 bridgehead atoms. The zero-order valence-electron chi connectivity index (χ0n) is 13.4. The van der Waals surface area contributed by atoms with E-state index in [9.17, 15) is 4.79 Å². The van der Waals surface area contributed by atoms with Gasteiger partial charge < -0.3 is 9.84 Å². The number of hydrogen-bond acceptors (Lipinski definition) is 4. The Morgan fingerprint density at radius 2 is 2.05 bits per heavy atom. The Morgan fingerprint density at radius 1 is 1.38 bits per heavy atom. The Labute approximate surface area is 124 Å². The van der Waals surface area contributed by atoms with Gasteiger partial charge in [-0.1, -0.05) is 25.9 Å². The maximum absolute atomic E-state index is 12.1. The zero-order chi connectivity index (χ0) is 15.8. The highest BCUT2D eigenvalue weighted by Gasteiger charge is 2.21. The summed E-state index contributed by atoms with van der Waals surface area (Å²) in [4.78, 5) is 12.1. The molecule has 1 amide bonds. The second-order valence-electron chi connectivity index (χ2n) is 6.32. The fraction of sp³-hybridized carbons (Fsp3) is 0.533. The predicted molar refractivity (Wildman–Crippen MR) is 80.2 cm³/mol. The van der Waals surface area contributed by atoms with Crippen LogP contribution in [0.3, 0.4) is 0 Å². The Morgan fingerprint density at radius 3 is 2.52 bits per heavy atom. The number of hydrogen-bond donors (Lipinski definition) is 1. The second-order valence-corrected chi connectivity index (χ2v) is 6.32. The monoisotopic (exact) mass is 290 g/mol. The molecule has 0 aromatic carbocycles. The molecule has 6 heteroatoms. The Bertz CT molecular complexity index is 662. The number of carbonyl (C=O) groups is 1. The molecular weight excluding hydrogens is 268 g/mol. The van der Waals surface area contributed by atoms with E-state index in [-0.39, 0.29) is 17.7 Å². The lowest BCUT2D eigenvalue weighted by atomic mass is 9.93. The van der Waals surface area contributed by atoms with Gasteiger partial charge in [0.1, 0.15) is 5.76 Å². The van der Waals surface area contributed by atoms with Crippen molar-refractivity contribution in [2.45, 2.75) is 46.5 Å². The minimum absolute atomic E-state index is 0.122. The van der Waals surface area contributed by atoms with Gasteiger partial charge in [-0.2, -0.15) is 5.10 Å². The van der Waals surface area contributed by atoms with Crippen LogP contribution in [0.4, 0.5) is 5.82 Å². The second kappa shape index (κ2) is 5.35. The third kappa shape index (κ3) is 3.32. The summed E-state index contributed by atoms with van der Waals surface area (Å²) in [7, 11) is 1.87. The van der Waals surface area contributed by atoms with Gasteiger partial charge in [0.2, 0.25) is 5.91 Å². The van der Waals surface area contributed by atoms with E-state index in [0.29, 0.717) is 5.82 Å². The molecule has 1 N–H and O–H groups in total. The van der Waals surface area contributed by atoms with Crippen molar-refractivity contribution in [3.8, 4) is 0 Å². The number of nitrogens with one attached hydrogen (secondary N) is 1. The van der Waals surface area contributed by atoms with Gasteiger partial charge in [-0.15, -0.1) is 0 Å². The minimum atomic E-state index is -0.132. The molecule has 0 aliphatic carbocycles. The van der Waals surface area contributed by atoms with Gasteiger partial charge in [-0.05, 0) is 13.8 Å². The molecule has 2 rings (SSSR count). The molecule has 2 aromatic heterocycles. The largest absolute Gasteiger partial charge is 0.359 e. The van der Waals surface area contributed by atoms with Crippen molar-refractivity contribution >= 4 is 11.7 Å². The van der Waals surface area contributed by atoms with E-state index >= 15 is 0 Å². The molecule has 6 nitrogen and oxygen atoms in total. The number of carbonyl (C=O) groups excluding carboxylic acids is 1. The normalized spacial score (nSPS) is 11.7. The van der Waals surface area contributed by atoms with Crippen molar-refractivity contribution in [3.05, 3.63) is 28.8 Å². The molecule has 0 aliphatic rings. The van der Waals surface area contributed by atoms with Gasteiger partial charge in [0.15, 0.2) is 5.82 Å². The first kappa shape index (κ1) is 15.3. The molecule has 0 fully saturated rings. The fourth-order valence-corrected chi connectivity index (χ4v) is 2.11. The highest BCUT2D eigenvalue weighted by atomic mass is 16.5. The summed E-state index contributed by atoms with van der Waals surface area (Å²) >= 11 is 0. The van der Waals surface area contributed by atoms with E-state index in [1.165, 1.54) is 0 Å². The molecule has 0 spiro atoms. The first-order valence-electron chi connectivity index (χ1n) is 6.94. The van der Waals surface area contributed by atoms with Crippen LogP contribution in [0, 0.1) is 13.8 Å². The highest BCUT2D eigenvalue weighted by Crippen LogP contribution is 2.24. The lowest BCUT2D eigenvalue weighted by Gasteiger charge is -2.12. The molecule has 0 saturated heterocycles. The lowest BCUT2D eigenvalue weighted by molar-refractivity contribution is -0.115. The molecule has 0 atom stereocenters. The third-order valence-corrected chi connectivity index (χ3v) is 3.51. The number of rotatable bonds is 3. The molecule has 114 valence electrons. The quantitative estimate of drug-likeness (QED) is 0.942. The van der Waals surface area contributed by atoms with Gasteiger partial charge in [0, 0.05) is 29.8 Å². The van der Waals surface area contributed by atoms with Crippen molar-refractivity contribution in [3.63, 3.8) is 0 Å². The molecule has 2 heterocycles. The van der Waals surface area contributed by atoms with E-state index in [1.807, 2.05) is 41.7 Å². The van der Waals surface area contributed by atoms with Crippen LogP contribution in [-0.2, 0) is 23.7 Å². The Hall–Kier alpha value is -2.11. The van der Waals surface area contributed by atoms with E-state index < -0.39 is 0 Å². The van der Waals surface area contributed by atoms with E-state index in [0.717, 1.165) is 22.7 Å². The zero-order valence-corrected chi connectivity index (χ0v) is 13.4. The molecule has 21 heavy (non-hydrogen) atoms. The topological polar surface area (TPSA) is 73.0 Å². The van der Waals surface area contributed by atoms with Crippen molar-refractivity contribution in [1.82, 2.24) is 14.9 Å². The summed E-state index contributed by atoms with van der Waals surface area (Å²) in [6.45, 7) is 9.95. The maximum atomic E-state index is 12.1. The number of aryl methyl sites for hydroxylation is 2. The number of anilines is 1. The molecular formula is C15H22N4O2. The molecule has 0 radical (unpaired) electrons. The van der Waals surface area contributed by atoms with Crippen molar-refractivity contribution in [2.24, 2.45) is 7.05 Å². The van der Waals surface area contributed by atoms with Gasteiger partial charge in [0.05, 0.1) is 12.1 Å². The predicted octanol–water partition coefficient (Wildman–Crippen LogP) is 2.50. The molecule has 0 aliphatic heterocycles. The standard InChI is InChI=1S/C15H22N4O2/c1-9-11(10(2)19(6)17-9)7-14(20)16-13-8-12(21-18-13)15(3,4)5/h8H,7H2,1-6H3,(H,16,18,20). The van der Waals surface area contributed by atoms with Crippen molar-refractivity contribution < 1.29 is 9.32 Å². The van der Waals surface area contributed by atoms with Crippen LogP contribution in [0.1, 0.15) is 43.5 Å². The number of aromatic nitrogens is 3. The van der Waals surface area contributed by atoms with Crippen LogP contribution in [0.25, 0.3) is 0 Å². The van der Waals surface area contributed by atoms with Crippen LogP contribution in [0.2, 0.25) is 0 Å². The van der Waals surface area contributed by atoms with Crippen LogP contribution in [-0.4, -0.2) is 20.8 Å². The van der Waals surface area contributed by atoms with Gasteiger partial charge in [0.25, 0.3) is 0 Å². The summed E-state index contributed by atoms with van der Waals surface area (Å²) in [5, 5.41) is 11.0.